The van der Waals surface area contributed by atoms with Crippen LogP contribution in [0.4, 0.5) is 0 Å². The molecule has 1 aliphatic heterocycles. The summed E-state index contributed by atoms with van der Waals surface area (Å²) in [5, 5.41) is 0. The third-order valence-corrected chi connectivity index (χ3v) is 2.57. The highest BCUT2D eigenvalue weighted by Crippen LogP contribution is 2.19. The van der Waals surface area contributed by atoms with E-state index >= 15 is 0 Å². The molecule has 0 aromatic carbocycles. The first-order chi connectivity index (χ1) is 6.24. The third kappa shape index (κ3) is 3.49. The van der Waals surface area contributed by atoms with Gasteiger partial charge < -0.3 is 9.47 Å². The van der Waals surface area contributed by atoms with E-state index < -0.39 is 0 Å². The van der Waals surface area contributed by atoms with Crippen molar-refractivity contribution in [1.82, 2.24) is 0 Å². The van der Waals surface area contributed by atoms with Crippen molar-refractivity contribution < 1.29 is 9.47 Å². The SMILES string of the molecule is COC(CC1=CCOCC1)C(C)C. The van der Waals surface area contributed by atoms with Crippen molar-refractivity contribution in [2.45, 2.75) is 32.8 Å². The van der Waals surface area contributed by atoms with E-state index in [1.54, 1.807) is 7.11 Å². The Bertz CT molecular complexity index is 173. The standard InChI is InChI=1S/C11H20O2/c1-9(2)11(12-3)8-10-4-6-13-7-5-10/h4,9,11H,5-8H2,1-3H3. The van der Waals surface area contributed by atoms with Gasteiger partial charge in [0.2, 0.25) is 0 Å². The van der Waals surface area contributed by atoms with E-state index in [2.05, 4.69) is 19.9 Å². The highest BCUT2D eigenvalue weighted by atomic mass is 16.5. The summed E-state index contributed by atoms with van der Waals surface area (Å²) in [6.45, 7) is 6.06. The van der Waals surface area contributed by atoms with Crippen molar-refractivity contribution >= 4 is 0 Å². The first-order valence-corrected chi connectivity index (χ1v) is 5.02. The average Bonchev–Trinajstić information content (AvgIpc) is 2.15. The van der Waals surface area contributed by atoms with Crippen LogP contribution in [0.25, 0.3) is 0 Å². The van der Waals surface area contributed by atoms with Crippen molar-refractivity contribution in [2.24, 2.45) is 5.92 Å². The normalized spacial score (nSPS) is 20.2. The minimum Gasteiger partial charge on any atom is -0.381 e. The van der Waals surface area contributed by atoms with Crippen molar-refractivity contribution in [3.05, 3.63) is 11.6 Å². The van der Waals surface area contributed by atoms with Gasteiger partial charge in [-0.05, 0) is 18.8 Å². The molecule has 1 rings (SSSR count). The number of rotatable bonds is 4. The minimum atomic E-state index is 0.365. The molecule has 0 fully saturated rings. The molecule has 1 atom stereocenters. The molecule has 1 heterocycles. The quantitative estimate of drug-likeness (QED) is 0.625. The lowest BCUT2D eigenvalue weighted by atomic mass is 9.96. The molecule has 0 amide bonds. The van der Waals surface area contributed by atoms with Crippen LogP contribution in [-0.2, 0) is 9.47 Å². The predicted molar refractivity (Wildman–Crippen MR) is 53.8 cm³/mol. The molecule has 1 unspecified atom stereocenters. The molecular weight excluding hydrogens is 164 g/mol. The van der Waals surface area contributed by atoms with Crippen molar-refractivity contribution in [3.8, 4) is 0 Å². The summed E-state index contributed by atoms with van der Waals surface area (Å²) in [5.74, 6) is 0.591. The molecule has 0 N–H and O–H groups in total. The summed E-state index contributed by atoms with van der Waals surface area (Å²) < 4.78 is 10.7. The first-order valence-electron chi connectivity index (χ1n) is 5.02. The van der Waals surface area contributed by atoms with E-state index in [9.17, 15) is 0 Å². The number of methoxy groups -OCH3 is 1. The van der Waals surface area contributed by atoms with Gasteiger partial charge in [-0.3, -0.25) is 0 Å². The van der Waals surface area contributed by atoms with Crippen LogP contribution in [0.3, 0.4) is 0 Å². The molecular formula is C11H20O2. The van der Waals surface area contributed by atoms with Crippen molar-refractivity contribution in [2.75, 3.05) is 20.3 Å². The van der Waals surface area contributed by atoms with Crippen molar-refractivity contribution in [1.29, 1.82) is 0 Å². The van der Waals surface area contributed by atoms with Crippen LogP contribution in [0.5, 0.6) is 0 Å². The Hall–Kier alpha value is -0.340. The molecule has 0 saturated heterocycles. The summed E-state index contributed by atoms with van der Waals surface area (Å²) in [7, 11) is 1.80. The Balaban J connectivity index is 2.40. The van der Waals surface area contributed by atoms with Crippen LogP contribution in [0.15, 0.2) is 11.6 Å². The Morgan fingerprint density at radius 1 is 1.54 bits per heavy atom. The topological polar surface area (TPSA) is 18.5 Å². The molecule has 76 valence electrons. The van der Waals surface area contributed by atoms with E-state index in [1.165, 1.54) is 5.57 Å². The Kier molecular flexibility index (Phi) is 4.46. The second kappa shape index (κ2) is 5.40. The van der Waals surface area contributed by atoms with Crippen LogP contribution in [0.1, 0.15) is 26.7 Å². The molecule has 1 aliphatic rings. The van der Waals surface area contributed by atoms with Gasteiger partial charge in [-0.25, -0.2) is 0 Å². The number of hydrogen-bond donors (Lipinski definition) is 0. The highest BCUT2D eigenvalue weighted by molar-refractivity contribution is 5.06. The molecule has 0 spiro atoms. The Labute approximate surface area is 80.9 Å². The summed E-state index contributed by atoms with van der Waals surface area (Å²) in [6, 6.07) is 0. The zero-order chi connectivity index (χ0) is 9.68. The first kappa shape index (κ1) is 10.7. The van der Waals surface area contributed by atoms with Gasteiger partial charge in [0.1, 0.15) is 0 Å². The molecule has 0 aliphatic carbocycles. The lowest BCUT2D eigenvalue weighted by Gasteiger charge is -2.22. The summed E-state index contributed by atoms with van der Waals surface area (Å²) in [5.41, 5.74) is 1.49. The number of ether oxygens (including phenoxy) is 2. The summed E-state index contributed by atoms with van der Waals surface area (Å²) in [4.78, 5) is 0. The van der Waals surface area contributed by atoms with Gasteiger partial charge in [-0.15, -0.1) is 0 Å². The van der Waals surface area contributed by atoms with E-state index in [0.717, 1.165) is 26.1 Å². The zero-order valence-corrected chi connectivity index (χ0v) is 8.88. The molecule has 0 saturated carbocycles. The second-order valence-electron chi connectivity index (χ2n) is 3.91. The van der Waals surface area contributed by atoms with Gasteiger partial charge in [0.05, 0.1) is 19.3 Å². The molecule has 2 heteroatoms. The van der Waals surface area contributed by atoms with Gasteiger partial charge >= 0.3 is 0 Å². The molecule has 0 aromatic heterocycles. The van der Waals surface area contributed by atoms with E-state index in [0.29, 0.717) is 12.0 Å². The molecule has 0 aromatic rings. The smallest absolute Gasteiger partial charge is 0.0650 e. The lowest BCUT2D eigenvalue weighted by molar-refractivity contribution is 0.0618. The summed E-state index contributed by atoms with van der Waals surface area (Å²) in [6.07, 6.45) is 4.70. The lowest BCUT2D eigenvalue weighted by Crippen LogP contribution is -2.20. The zero-order valence-electron chi connectivity index (χ0n) is 8.88. The molecule has 0 radical (unpaired) electrons. The maximum absolute atomic E-state index is 5.43. The van der Waals surface area contributed by atoms with Gasteiger partial charge in [0, 0.05) is 7.11 Å². The van der Waals surface area contributed by atoms with E-state index in [1.807, 2.05) is 0 Å². The fourth-order valence-electron chi connectivity index (χ4n) is 1.60. The maximum atomic E-state index is 5.43. The third-order valence-electron chi connectivity index (χ3n) is 2.57. The summed E-state index contributed by atoms with van der Waals surface area (Å²) >= 11 is 0. The Morgan fingerprint density at radius 3 is 2.77 bits per heavy atom. The predicted octanol–water partition coefficient (Wildman–Crippen LogP) is 2.39. The van der Waals surface area contributed by atoms with E-state index in [-0.39, 0.29) is 0 Å². The fourth-order valence-corrected chi connectivity index (χ4v) is 1.60. The van der Waals surface area contributed by atoms with E-state index in [4.69, 9.17) is 9.47 Å². The molecule has 0 bridgehead atoms. The maximum Gasteiger partial charge on any atom is 0.0650 e. The molecule has 13 heavy (non-hydrogen) atoms. The van der Waals surface area contributed by atoms with Gasteiger partial charge in [-0.1, -0.05) is 25.5 Å². The Morgan fingerprint density at radius 2 is 2.31 bits per heavy atom. The monoisotopic (exact) mass is 184 g/mol. The fraction of sp³-hybridized carbons (Fsp3) is 0.818. The second-order valence-corrected chi connectivity index (χ2v) is 3.91. The van der Waals surface area contributed by atoms with Crippen LogP contribution in [0.2, 0.25) is 0 Å². The van der Waals surface area contributed by atoms with Gasteiger partial charge in [-0.2, -0.15) is 0 Å². The molecule has 2 nitrogen and oxygen atoms in total. The average molecular weight is 184 g/mol. The largest absolute Gasteiger partial charge is 0.381 e. The minimum absolute atomic E-state index is 0.365. The van der Waals surface area contributed by atoms with Gasteiger partial charge in [0.15, 0.2) is 0 Å². The number of hydrogen-bond acceptors (Lipinski definition) is 2. The van der Waals surface area contributed by atoms with Crippen molar-refractivity contribution in [3.63, 3.8) is 0 Å². The van der Waals surface area contributed by atoms with Gasteiger partial charge in [0.25, 0.3) is 0 Å². The van der Waals surface area contributed by atoms with Crippen LogP contribution in [-0.4, -0.2) is 26.4 Å². The van der Waals surface area contributed by atoms with Crippen LogP contribution >= 0.6 is 0 Å². The van der Waals surface area contributed by atoms with Crippen LogP contribution < -0.4 is 0 Å². The highest BCUT2D eigenvalue weighted by Gasteiger charge is 2.15. The van der Waals surface area contributed by atoms with Crippen LogP contribution in [0, 0.1) is 5.92 Å².